The van der Waals surface area contributed by atoms with E-state index in [0.717, 1.165) is 75.6 Å². The molecule has 2 amide bonds. The van der Waals surface area contributed by atoms with E-state index in [1.54, 1.807) is 4.90 Å². The van der Waals surface area contributed by atoms with Gasteiger partial charge in [-0.05, 0) is 43.4 Å². The van der Waals surface area contributed by atoms with Gasteiger partial charge in [-0.15, -0.1) is 0 Å². The second kappa shape index (κ2) is 12.2. The molecule has 2 atom stereocenters. The van der Waals surface area contributed by atoms with Gasteiger partial charge in [-0.25, -0.2) is 4.99 Å². The highest BCUT2D eigenvalue weighted by molar-refractivity contribution is 6.07. The number of hydrogen-bond donors (Lipinski definition) is 3. The molecule has 0 spiro atoms. The first-order valence-electron chi connectivity index (χ1n) is 12.7. The van der Waals surface area contributed by atoms with E-state index < -0.39 is 5.54 Å². The highest BCUT2D eigenvalue weighted by atomic mass is 16.2. The number of nitrogens with two attached hydrogens (primary N) is 1. The minimum Gasteiger partial charge on any atom is -0.369 e. The fraction of sp³-hybridized carbons (Fsp3) is 0.654. The summed E-state index contributed by atoms with van der Waals surface area (Å²) in [5, 5.41) is 6.42. The Labute approximate surface area is 198 Å². The molecular formula is C26H41N5O2. The highest BCUT2D eigenvalue weighted by Gasteiger charge is 2.52. The number of aliphatic imine (C=N–C) groups is 1. The molecule has 0 bridgehead atoms. The van der Waals surface area contributed by atoms with E-state index in [-0.39, 0.29) is 17.7 Å². The summed E-state index contributed by atoms with van der Waals surface area (Å²) in [5.41, 5.74) is 7.64. The molecule has 2 unspecified atom stereocenters. The number of carbonyl (C=O) groups is 2. The zero-order chi connectivity index (χ0) is 23.7. The first kappa shape index (κ1) is 25.2. The molecule has 0 aliphatic carbocycles. The monoisotopic (exact) mass is 455 g/mol. The predicted octanol–water partition coefficient (Wildman–Crippen LogP) is 3.47. The maximum atomic E-state index is 13.7. The quantitative estimate of drug-likeness (QED) is 0.420. The average molecular weight is 456 g/mol. The molecule has 33 heavy (non-hydrogen) atoms. The van der Waals surface area contributed by atoms with E-state index in [0.29, 0.717) is 25.5 Å². The van der Waals surface area contributed by atoms with Crippen LogP contribution in [-0.2, 0) is 22.7 Å². The zero-order valence-electron chi connectivity index (χ0n) is 20.4. The van der Waals surface area contributed by atoms with Crippen molar-refractivity contribution in [1.29, 1.82) is 0 Å². The van der Waals surface area contributed by atoms with Gasteiger partial charge >= 0.3 is 0 Å². The van der Waals surface area contributed by atoms with Crippen LogP contribution < -0.4 is 16.4 Å². The van der Waals surface area contributed by atoms with E-state index in [9.17, 15) is 9.59 Å². The van der Waals surface area contributed by atoms with Crippen molar-refractivity contribution in [2.24, 2.45) is 16.6 Å². The van der Waals surface area contributed by atoms with Gasteiger partial charge in [0.05, 0.1) is 6.54 Å². The van der Waals surface area contributed by atoms with Crippen molar-refractivity contribution in [2.75, 3.05) is 13.1 Å². The molecular weight excluding hydrogens is 414 g/mol. The number of nitrogens with zero attached hydrogens (tertiary/aromatic N) is 2. The van der Waals surface area contributed by atoms with Crippen LogP contribution in [0.4, 0.5) is 0 Å². The maximum Gasteiger partial charge on any atom is 0.257 e. The van der Waals surface area contributed by atoms with Crippen molar-refractivity contribution >= 4 is 17.8 Å². The first-order chi connectivity index (χ1) is 16.0. The number of unbranched alkanes of at least 4 members (excludes halogenated alkanes) is 3. The Bertz CT molecular complexity index is 816. The van der Waals surface area contributed by atoms with Gasteiger partial charge in [0.15, 0.2) is 5.96 Å². The molecule has 0 aromatic heterocycles. The molecule has 0 saturated carbocycles. The van der Waals surface area contributed by atoms with Gasteiger partial charge in [0.25, 0.3) is 5.91 Å². The highest BCUT2D eigenvalue weighted by Crippen LogP contribution is 2.38. The first-order valence-corrected chi connectivity index (χ1v) is 12.7. The van der Waals surface area contributed by atoms with Crippen molar-refractivity contribution in [1.82, 2.24) is 15.5 Å². The second-order valence-corrected chi connectivity index (χ2v) is 9.48. The Balaban J connectivity index is 1.61. The predicted molar refractivity (Wildman–Crippen MR) is 132 cm³/mol. The Hall–Kier alpha value is -2.41. The van der Waals surface area contributed by atoms with Gasteiger partial charge in [0, 0.05) is 25.4 Å². The number of carbonyl (C=O) groups excluding carboxylic acids is 2. The molecule has 7 nitrogen and oxygen atoms in total. The van der Waals surface area contributed by atoms with E-state index in [1.807, 2.05) is 24.3 Å². The van der Waals surface area contributed by atoms with Crippen LogP contribution in [-0.4, -0.2) is 41.3 Å². The van der Waals surface area contributed by atoms with Crippen LogP contribution >= 0.6 is 0 Å². The van der Waals surface area contributed by atoms with Crippen molar-refractivity contribution < 1.29 is 9.59 Å². The summed E-state index contributed by atoms with van der Waals surface area (Å²) in [7, 11) is 0. The lowest BCUT2D eigenvalue weighted by Crippen LogP contribution is -2.52. The SMILES string of the molecule is CCCCCC(=O)NCc1ccc(CN2C(=O)C(CCCC)(C3CCCNC3)N=C2N)cc1. The van der Waals surface area contributed by atoms with E-state index >= 15 is 0 Å². The molecule has 1 fully saturated rings. The van der Waals surface area contributed by atoms with Crippen LogP contribution in [0.25, 0.3) is 0 Å². The Morgan fingerprint density at radius 2 is 1.91 bits per heavy atom. The fourth-order valence-corrected chi connectivity index (χ4v) is 4.91. The topological polar surface area (TPSA) is 99.8 Å². The molecule has 2 heterocycles. The number of hydrogen-bond acceptors (Lipinski definition) is 5. The molecule has 7 heteroatoms. The van der Waals surface area contributed by atoms with Crippen LogP contribution in [0.15, 0.2) is 29.3 Å². The van der Waals surface area contributed by atoms with Gasteiger partial charge in [0.1, 0.15) is 5.54 Å². The lowest BCUT2D eigenvalue weighted by molar-refractivity contribution is -0.134. The summed E-state index contributed by atoms with van der Waals surface area (Å²) in [6.07, 6.45) is 8.53. The Morgan fingerprint density at radius 3 is 2.58 bits per heavy atom. The van der Waals surface area contributed by atoms with Crippen LogP contribution in [0.2, 0.25) is 0 Å². The number of nitrogens with one attached hydrogen (secondary N) is 2. The third kappa shape index (κ3) is 6.34. The Morgan fingerprint density at radius 1 is 1.18 bits per heavy atom. The van der Waals surface area contributed by atoms with Crippen molar-refractivity contribution in [3.8, 4) is 0 Å². The number of amides is 2. The molecule has 1 saturated heterocycles. The average Bonchev–Trinajstić information content (AvgIpc) is 3.08. The Kier molecular flexibility index (Phi) is 9.30. The van der Waals surface area contributed by atoms with Crippen molar-refractivity contribution in [2.45, 2.75) is 90.3 Å². The molecule has 3 rings (SSSR count). The van der Waals surface area contributed by atoms with Gasteiger partial charge < -0.3 is 16.4 Å². The molecule has 182 valence electrons. The molecule has 4 N–H and O–H groups in total. The summed E-state index contributed by atoms with van der Waals surface area (Å²) in [5.74, 6) is 0.674. The molecule has 2 aliphatic rings. The van der Waals surface area contributed by atoms with Gasteiger partial charge in [-0.2, -0.15) is 0 Å². The lowest BCUT2D eigenvalue weighted by Gasteiger charge is -2.36. The normalized spacial score (nSPS) is 23.0. The van der Waals surface area contributed by atoms with Crippen LogP contribution in [0.1, 0.15) is 82.8 Å². The summed E-state index contributed by atoms with van der Waals surface area (Å²) in [4.78, 5) is 32.1. The minimum absolute atomic E-state index is 0.0468. The molecule has 0 radical (unpaired) electrons. The zero-order valence-corrected chi connectivity index (χ0v) is 20.4. The largest absolute Gasteiger partial charge is 0.369 e. The third-order valence-electron chi connectivity index (χ3n) is 6.95. The molecule has 2 aliphatic heterocycles. The summed E-state index contributed by atoms with van der Waals surface area (Å²) in [6, 6.07) is 8.02. The lowest BCUT2D eigenvalue weighted by atomic mass is 9.76. The van der Waals surface area contributed by atoms with Crippen molar-refractivity contribution in [3.63, 3.8) is 0 Å². The maximum absolute atomic E-state index is 13.7. The van der Waals surface area contributed by atoms with E-state index in [1.165, 1.54) is 0 Å². The van der Waals surface area contributed by atoms with E-state index in [4.69, 9.17) is 10.7 Å². The second-order valence-electron chi connectivity index (χ2n) is 9.48. The molecule has 1 aromatic rings. The molecule has 1 aromatic carbocycles. The number of benzene rings is 1. The standard InChI is InChI=1S/C26H41N5O2/c1-3-5-7-10-23(32)29-17-20-11-13-21(14-12-20)19-31-24(33)26(15-6-4-2,30-25(31)27)22-9-8-16-28-18-22/h11-14,22,28H,3-10,15-19H2,1-2H3,(H2,27,30)(H,29,32). The van der Waals surface area contributed by atoms with Crippen molar-refractivity contribution in [3.05, 3.63) is 35.4 Å². The van der Waals surface area contributed by atoms with Gasteiger partial charge in [0.2, 0.25) is 5.91 Å². The minimum atomic E-state index is -0.727. The number of piperidine rings is 1. The van der Waals surface area contributed by atoms with Crippen LogP contribution in [0, 0.1) is 5.92 Å². The number of rotatable bonds is 12. The fourth-order valence-electron chi connectivity index (χ4n) is 4.91. The van der Waals surface area contributed by atoms with Crippen LogP contribution in [0.5, 0.6) is 0 Å². The summed E-state index contributed by atoms with van der Waals surface area (Å²) in [6.45, 7) is 7.04. The van der Waals surface area contributed by atoms with Crippen LogP contribution in [0.3, 0.4) is 0 Å². The third-order valence-corrected chi connectivity index (χ3v) is 6.95. The van der Waals surface area contributed by atoms with E-state index in [2.05, 4.69) is 24.5 Å². The van der Waals surface area contributed by atoms with Gasteiger partial charge in [-0.3, -0.25) is 14.5 Å². The van der Waals surface area contributed by atoms with Gasteiger partial charge in [-0.1, -0.05) is 63.8 Å². The smallest absolute Gasteiger partial charge is 0.257 e. The summed E-state index contributed by atoms with van der Waals surface area (Å²) >= 11 is 0. The number of guanidine groups is 1. The summed E-state index contributed by atoms with van der Waals surface area (Å²) < 4.78 is 0.